The molecule has 3 aliphatic rings. The Balaban J connectivity index is 1.54. The van der Waals surface area contributed by atoms with Gasteiger partial charge in [-0.1, -0.05) is 81.0 Å². The molecule has 14 nitrogen and oxygen atoms in total. The molecule has 57 heavy (non-hydrogen) atoms. The summed E-state index contributed by atoms with van der Waals surface area (Å²) in [6, 6.07) is 15.5. The van der Waals surface area contributed by atoms with Gasteiger partial charge in [0.2, 0.25) is 0 Å². The predicted molar refractivity (Wildman–Crippen MR) is 205 cm³/mol. The Labute approximate surface area is 332 Å². The molecule has 1 amide bonds. The number of alkyl carbamates (subject to hydrolysis) is 1. The van der Waals surface area contributed by atoms with Gasteiger partial charge in [-0.2, -0.15) is 0 Å². The number of ether oxygens (including phenoxy) is 4. The Morgan fingerprint density at radius 3 is 2.16 bits per heavy atom. The largest absolute Gasteiger partial charge is 0.456 e. The van der Waals surface area contributed by atoms with Crippen LogP contribution in [0.1, 0.15) is 77.2 Å². The van der Waals surface area contributed by atoms with Crippen LogP contribution in [-0.4, -0.2) is 110 Å². The number of fused-ring (bicyclic) bond motifs is 1. The minimum absolute atomic E-state index is 0.0299. The zero-order valence-electron chi connectivity index (χ0n) is 33.4. The number of rotatable bonds is 13. The molecule has 1 saturated heterocycles. The van der Waals surface area contributed by atoms with E-state index in [1.165, 1.54) is 25.1 Å². The average molecular weight is 794 g/mol. The standard InChI is InChI=1S/C43H55NO13/c1-23(2)18-29(44-40(51)54-21-27-14-10-8-11-15-27)36(48)39(50)56-31-20-43(53,41(6,7)33(25(31)4)35(47)26(5)45)37(57-38(49)28-16-12-9-13-17-28)34-24(3)30(46)19-32-42(34,52)22-55-32/h8-18,24,29-32,34-37,46-48,52-53H,19-22H2,1-7H3,(H,44,51)/t24-,29?,30?,31?,32?,34?,35?,36?,37?,42?,43?/m0/s1. The van der Waals surface area contributed by atoms with Crippen LogP contribution < -0.4 is 5.32 Å². The molecular formula is C43H55NO13. The summed E-state index contributed by atoms with van der Waals surface area (Å²) in [4.78, 5) is 53.6. The van der Waals surface area contributed by atoms with Crippen molar-refractivity contribution < 1.29 is 63.7 Å². The molecule has 310 valence electrons. The molecule has 2 aromatic carbocycles. The molecule has 11 atom stereocenters. The maximum Gasteiger partial charge on any atom is 0.408 e. The zero-order valence-corrected chi connectivity index (χ0v) is 33.4. The third kappa shape index (κ3) is 8.71. The van der Waals surface area contributed by atoms with E-state index in [9.17, 15) is 44.7 Å². The molecular weight excluding hydrogens is 738 g/mol. The summed E-state index contributed by atoms with van der Waals surface area (Å²) in [6.07, 6.45) is -8.74. The van der Waals surface area contributed by atoms with Gasteiger partial charge in [0, 0.05) is 24.2 Å². The number of carbonyl (C=O) groups is 4. The smallest absolute Gasteiger partial charge is 0.408 e. The van der Waals surface area contributed by atoms with Gasteiger partial charge in [0.1, 0.15) is 36.1 Å². The summed E-state index contributed by atoms with van der Waals surface area (Å²) >= 11 is 0. The minimum Gasteiger partial charge on any atom is -0.456 e. The molecule has 1 saturated carbocycles. The SMILES string of the molecule is CC(=O)C(O)C1=C(C)C(OC(=O)C(O)C(C=C(C)C)NC(=O)OCc2ccccc2)CC(O)(C(OC(=O)c2ccccc2)C2[C@@H](C)C(O)CC3OCC32O)C1(C)C. The lowest BCUT2D eigenvalue weighted by atomic mass is 9.52. The summed E-state index contributed by atoms with van der Waals surface area (Å²) in [7, 11) is 0. The fraction of sp³-hybridized carbons (Fsp3) is 0.535. The van der Waals surface area contributed by atoms with Crippen molar-refractivity contribution in [2.75, 3.05) is 6.61 Å². The van der Waals surface area contributed by atoms with Crippen LogP contribution in [0.5, 0.6) is 0 Å². The molecule has 0 spiro atoms. The molecule has 2 aromatic rings. The maximum atomic E-state index is 13.9. The number of aliphatic hydroxyl groups excluding tert-OH is 3. The fourth-order valence-corrected chi connectivity index (χ4v) is 8.63. The van der Waals surface area contributed by atoms with Crippen molar-refractivity contribution in [2.45, 2.75) is 122 Å². The van der Waals surface area contributed by atoms with Crippen LogP contribution in [-0.2, 0) is 35.1 Å². The van der Waals surface area contributed by atoms with Gasteiger partial charge in [-0.15, -0.1) is 0 Å². The minimum atomic E-state index is -2.33. The van der Waals surface area contributed by atoms with Crippen LogP contribution in [0.15, 0.2) is 83.5 Å². The summed E-state index contributed by atoms with van der Waals surface area (Å²) in [5.74, 6) is -4.73. The lowest BCUT2D eigenvalue weighted by Gasteiger charge is -2.62. The molecule has 1 heterocycles. The van der Waals surface area contributed by atoms with Gasteiger partial charge >= 0.3 is 18.0 Å². The van der Waals surface area contributed by atoms with Crippen LogP contribution in [0, 0.1) is 17.3 Å². The molecule has 1 aliphatic heterocycles. The van der Waals surface area contributed by atoms with Gasteiger partial charge in [-0.3, -0.25) is 4.79 Å². The first-order chi connectivity index (χ1) is 26.7. The Hall–Kier alpha value is -4.44. The second kappa shape index (κ2) is 17.2. The number of ketones is 1. The van der Waals surface area contributed by atoms with Crippen molar-refractivity contribution in [3.05, 3.63) is 94.6 Å². The van der Waals surface area contributed by atoms with Gasteiger partial charge in [0.15, 0.2) is 11.9 Å². The van der Waals surface area contributed by atoms with Crippen molar-refractivity contribution in [1.82, 2.24) is 5.32 Å². The third-order valence-corrected chi connectivity index (χ3v) is 12.0. The van der Waals surface area contributed by atoms with Gasteiger partial charge in [0.25, 0.3) is 0 Å². The summed E-state index contributed by atoms with van der Waals surface area (Å²) in [5.41, 5.74) is -4.01. The van der Waals surface area contributed by atoms with Crippen molar-refractivity contribution in [3.63, 3.8) is 0 Å². The summed E-state index contributed by atoms with van der Waals surface area (Å²) < 4.78 is 23.1. The van der Waals surface area contributed by atoms with Crippen molar-refractivity contribution in [1.29, 1.82) is 0 Å². The third-order valence-electron chi connectivity index (χ3n) is 12.0. The molecule has 0 aromatic heterocycles. The Bertz CT molecular complexity index is 1860. The molecule has 6 N–H and O–H groups in total. The van der Waals surface area contributed by atoms with Crippen molar-refractivity contribution >= 4 is 23.8 Å². The van der Waals surface area contributed by atoms with E-state index in [1.54, 1.807) is 77.1 Å². The predicted octanol–water partition coefficient (Wildman–Crippen LogP) is 3.32. The maximum absolute atomic E-state index is 13.9. The number of amides is 1. The molecule has 14 heteroatoms. The van der Waals surface area contributed by atoms with Gasteiger partial charge in [-0.05, 0) is 62.5 Å². The highest BCUT2D eigenvalue weighted by Gasteiger charge is 2.69. The first-order valence-corrected chi connectivity index (χ1v) is 19.1. The lowest BCUT2D eigenvalue weighted by molar-refractivity contribution is -0.329. The lowest BCUT2D eigenvalue weighted by Crippen LogP contribution is -2.75. The number of esters is 2. The normalized spacial score (nSPS) is 29.9. The molecule has 2 fully saturated rings. The highest BCUT2D eigenvalue weighted by atomic mass is 16.6. The second-order valence-electron chi connectivity index (χ2n) is 16.4. The second-order valence-corrected chi connectivity index (χ2v) is 16.4. The van der Waals surface area contributed by atoms with Crippen LogP contribution in [0.4, 0.5) is 4.79 Å². The number of Topliss-reactive ketones (excluding diaryl/α,β-unsaturated/α-hetero) is 1. The van der Waals surface area contributed by atoms with Gasteiger partial charge < -0.3 is 49.8 Å². The van der Waals surface area contributed by atoms with Crippen LogP contribution >= 0.6 is 0 Å². The van der Waals surface area contributed by atoms with Crippen LogP contribution in [0.3, 0.4) is 0 Å². The van der Waals surface area contributed by atoms with Crippen LogP contribution in [0.25, 0.3) is 0 Å². The van der Waals surface area contributed by atoms with Crippen molar-refractivity contribution in [2.24, 2.45) is 17.3 Å². The first-order valence-electron chi connectivity index (χ1n) is 19.1. The highest BCUT2D eigenvalue weighted by Crippen LogP contribution is 2.57. The number of aliphatic hydroxyl groups is 5. The highest BCUT2D eigenvalue weighted by molar-refractivity contribution is 5.89. The monoisotopic (exact) mass is 793 g/mol. The first kappa shape index (κ1) is 43.7. The zero-order chi connectivity index (χ0) is 42.0. The fourth-order valence-electron chi connectivity index (χ4n) is 8.63. The number of benzene rings is 2. The number of hydrogen-bond donors (Lipinski definition) is 6. The van der Waals surface area contributed by atoms with E-state index in [0.717, 1.165) is 6.92 Å². The van der Waals surface area contributed by atoms with Crippen LogP contribution in [0.2, 0.25) is 0 Å². The molecule has 0 bridgehead atoms. The molecule has 2 aliphatic carbocycles. The summed E-state index contributed by atoms with van der Waals surface area (Å²) in [6.45, 7) is 10.5. The average Bonchev–Trinajstić information content (AvgIpc) is 3.16. The van der Waals surface area contributed by atoms with E-state index < -0.39 is 101 Å². The van der Waals surface area contributed by atoms with E-state index in [-0.39, 0.29) is 36.3 Å². The number of allylic oxidation sites excluding steroid dienone is 1. The molecule has 10 unspecified atom stereocenters. The van der Waals surface area contributed by atoms with E-state index >= 15 is 0 Å². The molecule has 5 rings (SSSR count). The number of hydrogen-bond acceptors (Lipinski definition) is 13. The molecule has 0 radical (unpaired) electrons. The van der Waals surface area contributed by atoms with E-state index in [2.05, 4.69) is 5.32 Å². The topological polar surface area (TPSA) is 218 Å². The Morgan fingerprint density at radius 2 is 1.60 bits per heavy atom. The van der Waals surface area contributed by atoms with Gasteiger partial charge in [-0.25, -0.2) is 14.4 Å². The van der Waals surface area contributed by atoms with E-state index in [4.69, 9.17) is 18.9 Å². The van der Waals surface area contributed by atoms with Crippen molar-refractivity contribution in [3.8, 4) is 0 Å². The Kier molecular flexibility index (Phi) is 13.2. The summed E-state index contributed by atoms with van der Waals surface area (Å²) in [5, 5.41) is 62.0. The quantitative estimate of drug-likeness (QED) is 0.0976. The number of nitrogens with one attached hydrogen (secondary N) is 1. The van der Waals surface area contributed by atoms with E-state index in [1.807, 2.05) is 6.07 Å². The van der Waals surface area contributed by atoms with E-state index in [0.29, 0.717) is 11.1 Å². The number of carbonyl (C=O) groups excluding carboxylic acids is 4. The Morgan fingerprint density at radius 1 is 0.982 bits per heavy atom. The van der Waals surface area contributed by atoms with Gasteiger partial charge in [0.05, 0.1) is 30.4 Å².